The Kier molecular flexibility index (Phi) is 44.2. The minimum Gasteiger partial charge on any atom is -0.388 e. The van der Waals surface area contributed by atoms with Crippen molar-refractivity contribution in [2.75, 3.05) is 54.1 Å². The lowest BCUT2D eigenvalue weighted by molar-refractivity contribution is 0.277. The number of nitrogens with zero attached hydrogens (tertiary/aromatic N) is 1. The standard InChI is InChI=1S/C3H9N.C3H8OS.C3H8.C2H6O2S.C2H6O.CH4/c1-4(2)3;1-5(2,3)4;1-3-2;1-5(2,3)4;1-3-2;/h1-3H3;1H2,2-3H3;3H2,1-2H3;1H2,2H3,(H,3,4);1-2H3;1H4. The van der Waals surface area contributed by atoms with E-state index in [1.54, 1.807) is 26.7 Å². The second-order valence-corrected chi connectivity index (χ2v) is 9.65. The second-order valence-electron chi connectivity index (χ2n) is 4.85. The van der Waals surface area contributed by atoms with Crippen molar-refractivity contribution in [2.24, 2.45) is 0 Å². The summed E-state index contributed by atoms with van der Waals surface area (Å²) in [5.74, 6) is 6.15. The van der Waals surface area contributed by atoms with Crippen LogP contribution in [0.25, 0.3) is 0 Å². The van der Waals surface area contributed by atoms with Crippen molar-refractivity contribution in [1.82, 2.24) is 4.90 Å². The lowest BCUT2D eigenvalue weighted by Gasteiger charge is -1.90. The largest absolute Gasteiger partial charge is 0.388 e. The number of hydrogen-bond donors (Lipinski definition) is 1. The predicted octanol–water partition coefficient (Wildman–Crippen LogP) is 2.26. The molecule has 1 N–H and O–H groups in total. The van der Waals surface area contributed by atoms with Crippen LogP contribution in [0.1, 0.15) is 27.7 Å². The molecular formula is C14H41NO4S2. The van der Waals surface area contributed by atoms with E-state index in [9.17, 15) is 8.42 Å². The minimum atomic E-state index is -2.67. The minimum absolute atomic E-state index is 0. The van der Waals surface area contributed by atoms with E-state index in [0.29, 0.717) is 0 Å². The zero-order valence-corrected chi connectivity index (χ0v) is 16.7. The van der Waals surface area contributed by atoms with E-state index >= 15 is 0 Å². The first kappa shape index (κ1) is 37.3. The van der Waals surface area contributed by atoms with Gasteiger partial charge >= 0.3 is 0 Å². The van der Waals surface area contributed by atoms with E-state index in [-0.39, 0.29) is 7.43 Å². The molecule has 0 rings (SSSR count). The molecule has 0 aromatic heterocycles. The lowest BCUT2D eigenvalue weighted by Crippen LogP contribution is -1.99. The first-order chi connectivity index (χ1) is 8.56. The van der Waals surface area contributed by atoms with Crippen LogP contribution in [0.4, 0.5) is 0 Å². The molecule has 0 heterocycles. The van der Waals surface area contributed by atoms with Gasteiger partial charge in [-0.2, -0.15) is 0 Å². The summed E-state index contributed by atoms with van der Waals surface area (Å²) in [6.07, 6.45) is 5.62. The molecule has 138 valence electrons. The van der Waals surface area contributed by atoms with Gasteiger partial charge in [-0.15, -0.1) is 0 Å². The zero-order chi connectivity index (χ0) is 18.0. The van der Waals surface area contributed by atoms with Crippen LogP contribution in [0.5, 0.6) is 0 Å². The molecular weight excluding hydrogens is 310 g/mol. The molecule has 0 aliphatic rings. The highest BCUT2D eigenvalue weighted by atomic mass is 32.2. The zero-order valence-electron chi connectivity index (χ0n) is 15.1. The van der Waals surface area contributed by atoms with Crippen molar-refractivity contribution in [1.29, 1.82) is 0 Å². The van der Waals surface area contributed by atoms with Gasteiger partial charge in [-0.3, -0.25) is 4.21 Å². The van der Waals surface area contributed by atoms with Gasteiger partial charge in [0.1, 0.15) is 0 Å². The van der Waals surface area contributed by atoms with Gasteiger partial charge in [0.25, 0.3) is 0 Å². The lowest BCUT2D eigenvalue weighted by atomic mass is 10.6. The maximum absolute atomic E-state index is 10.1. The van der Waals surface area contributed by atoms with Crippen LogP contribution in [0, 0.1) is 0 Å². The maximum atomic E-state index is 10.1. The van der Waals surface area contributed by atoms with E-state index in [1.807, 2.05) is 26.0 Å². The number of methoxy groups -OCH3 is 1. The van der Waals surface area contributed by atoms with Crippen molar-refractivity contribution in [3.05, 3.63) is 0 Å². The monoisotopic (exact) mass is 351 g/mol. The summed E-state index contributed by atoms with van der Waals surface area (Å²) in [6.45, 7) is 4.25. The highest BCUT2D eigenvalue weighted by molar-refractivity contribution is 7.99. The Labute approximate surface area is 135 Å². The first-order valence-electron chi connectivity index (χ1n) is 5.89. The smallest absolute Gasteiger partial charge is 0.0716 e. The van der Waals surface area contributed by atoms with E-state index in [1.165, 1.54) is 6.42 Å². The quantitative estimate of drug-likeness (QED) is 0.678. The highest BCUT2D eigenvalue weighted by Crippen LogP contribution is 1.62. The Morgan fingerprint density at radius 1 is 1.00 bits per heavy atom. The average Bonchev–Trinajstić information content (AvgIpc) is 1.96. The molecule has 0 aromatic carbocycles. The highest BCUT2D eigenvalue weighted by Gasteiger charge is 1.71. The van der Waals surface area contributed by atoms with Crippen molar-refractivity contribution in [3.63, 3.8) is 0 Å². The summed E-state index contributed by atoms with van der Waals surface area (Å²) in [4.78, 5) is 2.00. The second kappa shape index (κ2) is 24.9. The molecule has 0 aliphatic carbocycles. The van der Waals surface area contributed by atoms with Gasteiger partial charge in [-0.1, -0.05) is 27.7 Å². The Bertz CT molecular complexity index is 283. The fraction of sp³-hybridized carbons (Fsp3) is 0.857. The molecule has 0 amide bonds. The summed E-state index contributed by atoms with van der Waals surface area (Å²) >= 11 is 0. The molecule has 0 aliphatic heterocycles. The topological polar surface area (TPSA) is 66.8 Å². The Morgan fingerprint density at radius 2 is 1.00 bits per heavy atom. The normalized spacial score (nSPS) is 11.2. The molecule has 0 radical (unpaired) electrons. The SMILES string of the molecule is C.C=S(C)(=O)O.C=S(C)(C)=O.CCC.CN(C)C.COC. The fourth-order valence-corrected chi connectivity index (χ4v) is 0. The molecule has 0 aromatic rings. The van der Waals surface area contributed by atoms with Crippen molar-refractivity contribution >= 4 is 31.1 Å². The van der Waals surface area contributed by atoms with Crippen LogP contribution in [0.2, 0.25) is 0 Å². The van der Waals surface area contributed by atoms with Crippen LogP contribution in [-0.4, -0.2) is 83.7 Å². The third-order valence-corrected chi connectivity index (χ3v) is 0. The van der Waals surface area contributed by atoms with Crippen LogP contribution < -0.4 is 0 Å². The molecule has 0 saturated carbocycles. The van der Waals surface area contributed by atoms with E-state index < -0.39 is 19.3 Å². The molecule has 7 heteroatoms. The van der Waals surface area contributed by atoms with Crippen molar-refractivity contribution < 1.29 is 17.7 Å². The molecule has 1 unspecified atom stereocenters. The fourth-order valence-electron chi connectivity index (χ4n) is 0. The summed E-state index contributed by atoms with van der Waals surface area (Å²) in [5, 5.41) is 0. The summed E-state index contributed by atoms with van der Waals surface area (Å²) in [5.41, 5.74) is 0. The Hall–Kier alpha value is -0.0800. The summed E-state index contributed by atoms with van der Waals surface area (Å²) < 4.78 is 31.9. The van der Waals surface area contributed by atoms with Crippen molar-refractivity contribution in [2.45, 2.75) is 27.7 Å². The van der Waals surface area contributed by atoms with Gasteiger partial charge in [0, 0.05) is 33.0 Å². The van der Waals surface area contributed by atoms with Crippen LogP contribution >= 0.6 is 0 Å². The number of rotatable bonds is 0. The van der Waals surface area contributed by atoms with Crippen LogP contribution in [-0.2, 0) is 24.1 Å². The summed E-state index contributed by atoms with van der Waals surface area (Å²) in [6, 6.07) is 0. The first-order valence-corrected chi connectivity index (χ1v) is 10.5. The summed E-state index contributed by atoms with van der Waals surface area (Å²) in [7, 11) is 4.92. The van der Waals surface area contributed by atoms with Crippen molar-refractivity contribution in [3.8, 4) is 0 Å². The van der Waals surface area contributed by atoms with Gasteiger partial charge in [-0.25, -0.2) is 4.21 Å². The molecule has 0 bridgehead atoms. The molecule has 0 saturated heterocycles. The average molecular weight is 352 g/mol. The number of ether oxygens (including phenoxy) is 1. The predicted molar refractivity (Wildman–Crippen MR) is 106 cm³/mol. The van der Waals surface area contributed by atoms with Gasteiger partial charge in [0.05, 0.1) is 9.80 Å². The molecule has 1 atom stereocenters. The Balaban J connectivity index is -0.0000000337. The van der Waals surface area contributed by atoms with E-state index in [4.69, 9.17) is 4.55 Å². The molecule has 0 spiro atoms. The molecule has 21 heavy (non-hydrogen) atoms. The molecule has 0 fully saturated rings. The third kappa shape index (κ3) is 1000000. The van der Waals surface area contributed by atoms with Gasteiger partial charge < -0.3 is 14.2 Å². The van der Waals surface area contributed by atoms with Crippen LogP contribution in [0.15, 0.2) is 0 Å². The van der Waals surface area contributed by atoms with Gasteiger partial charge in [0.15, 0.2) is 0 Å². The van der Waals surface area contributed by atoms with E-state index in [2.05, 4.69) is 30.3 Å². The van der Waals surface area contributed by atoms with Gasteiger partial charge in [-0.05, 0) is 42.4 Å². The Morgan fingerprint density at radius 3 is 1.00 bits per heavy atom. The molecule has 5 nitrogen and oxygen atoms in total. The van der Waals surface area contributed by atoms with Gasteiger partial charge in [0.2, 0.25) is 0 Å². The van der Waals surface area contributed by atoms with Crippen LogP contribution in [0.3, 0.4) is 0 Å². The number of hydrogen-bond acceptors (Lipinski definition) is 4. The van der Waals surface area contributed by atoms with E-state index in [0.717, 1.165) is 6.26 Å². The third-order valence-electron chi connectivity index (χ3n) is 0. The maximum Gasteiger partial charge on any atom is 0.0716 e.